The fraction of sp³-hybridized carbons (Fsp3) is 0.150. The summed E-state index contributed by atoms with van der Waals surface area (Å²) in [4.78, 5) is 12.3. The molecule has 23 heavy (non-hydrogen) atoms. The van der Waals surface area contributed by atoms with Gasteiger partial charge in [-0.2, -0.15) is 0 Å². The second kappa shape index (κ2) is 6.97. The Morgan fingerprint density at radius 3 is 1.96 bits per heavy atom. The molecule has 3 nitrogen and oxygen atoms in total. The van der Waals surface area contributed by atoms with Crippen molar-refractivity contribution in [2.24, 2.45) is 0 Å². The van der Waals surface area contributed by atoms with Gasteiger partial charge >= 0.3 is 0 Å². The summed E-state index contributed by atoms with van der Waals surface area (Å²) >= 11 is 0. The Kier molecular flexibility index (Phi) is 4.57. The minimum atomic E-state index is -0.122. The van der Waals surface area contributed by atoms with Gasteiger partial charge in [0.05, 0.1) is 11.8 Å². The molecule has 2 aromatic carbocycles. The number of amides is 1. The van der Waals surface area contributed by atoms with Gasteiger partial charge in [0.15, 0.2) is 0 Å². The lowest BCUT2D eigenvalue weighted by atomic mass is 9.85. The molecule has 0 aliphatic heterocycles. The van der Waals surface area contributed by atoms with Crippen molar-refractivity contribution in [3.63, 3.8) is 0 Å². The van der Waals surface area contributed by atoms with Gasteiger partial charge in [-0.15, -0.1) is 0 Å². The predicted molar refractivity (Wildman–Crippen MR) is 90.4 cm³/mol. The predicted octanol–water partition coefficient (Wildman–Crippen LogP) is 4.23. The summed E-state index contributed by atoms with van der Waals surface area (Å²) < 4.78 is 4.99. The smallest absolute Gasteiger partial charge is 0.254 e. The van der Waals surface area contributed by atoms with Crippen LogP contribution >= 0.6 is 0 Å². The first kappa shape index (κ1) is 15.1. The molecule has 0 spiro atoms. The molecule has 116 valence electrons. The van der Waals surface area contributed by atoms with Gasteiger partial charge in [-0.3, -0.25) is 4.79 Å². The van der Waals surface area contributed by atoms with E-state index in [1.165, 1.54) is 23.7 Å². The topological polar surface area (TPSA) is 42.2 Å². The highest BCUT2D eigenvalue weighted by atomic mass is 16.3. The first-order valence-electron chi connectivity index (χ1n) is 7.68. The Hall–Kier alpha value is -2.81. The summed E-state index contributed by atoms with van der Waals surface area (Å²) in [6.45, 7) is 2.03. The van der Waals surface area contributed by atoms with Gasteiger partial charge < -0.3 is 9.73 Å². The van der Waals surface area contributed by atoms with Crippen LogP contribution in [0.15, 0.2) is 83.7 Å². The van der Waals surface area contributed by atoms with Crippen molar-refractivity contribution in [2.45, 2.75) is 18.9 Å². The highest BCUT2D eigenvalue weighted by molar-refractivity contribution is 5.94. The van der Waals surface area contributed by atoms with Crippen LogP contribution in [0.25, 0.3) is 0 Å². The van der Waals surface area contributed by atoms with E-state index in [1.54, 1.807) is 6.07 Å². The largest absolute Gasteiger partial charge is 0.472 e. The molecule has 0 saturated heterocycles. The fourth-order valence-electron chi connectivity index (χ4n) is 2.86. The molecule has 0 bridgehead atoms. The molecular formula is C20H19NO2. The van der Waals surface area contributed by atoms with Gasteiger partial charge in [-0.25, -0.2) is 0 Å². The van der Waals surface area contributed by atoms with E-state index in [4.69, 9.17) is 4.42 Å². The molecule has 1 heterocycles. The summed E-state index contributed by atoms with van der Waals surface area (Å²) in [5.41, 5.74) is 2.90. The molecule has 1 unspecified atom stereocenters. The lowest BCUT2D eigenvalue weighted by molar-refractivity contribution is 0.0936. The van der Waals surface area contributed by atoms with Crippen LogP contribution in [0.1, 0.15) is 34.3 Å². The minimum absolute atomic E-state index is 0.0535. The summed E-state index contributed by atoms with van der Waals surface area (Å²) in [7, 11) is 0. The summed E-state index contributed by atoms with van der Waals surface area (Å²) in [5.74, 6) is -0.0311. The van der Waals surface area contributed by atoms with Gasteiger partial charge in [0.2, 0.25) is 0 Å². The van der Waals surface area contributed by atoms with Gasteiger partial charge in [0.25, 0.3) is 5.91 Å². The summed E-state index contributed by atoms with van der Waals surface area (Å²) in [5, 5.41) is 3.08. The lowest BCUT2D eigenvalue weighted by Gasteiger charge is -2.26. The molecule has 0 aliphatic carbocycles. The molecular weight excluding hydrogens is 286 g/mol. The first-order valence-corrected chi connectivity index (χ1v) is 7.68. The van der Waals surface area contributed by atoms with Crippen LogP contribution in [0.3, 0.4) is 0 Å². The molecule has 0 saturated carbocycles. The van der Waals surface area contributed by atoms with Crippen LogP contribution < -0.4 is 5.32 Å². The highest BCUT2D eigenvalue weighted by Gasteiger charge is 2.23. The Labute approximate surface area is 136 Å². The summed E-state index contributed by atoms with van der Waals surface area (Å²) in [6.07, 6.45) is 2.97. The quantitative estimate of drug-likeness (QED) is 0.766. The molecule has 3 heteroatoms. The molecule has 1 atom stereocenters. The number of carbonyl (C=O) groups excluding carboxylic acids is 1. The maximum absolute atomic E-state index is 12.3. The molecule has 1 amide bonds. The molecule has 0 aliphatic rings. The first-order chi connectivity index (χ1) is 11.3. The van der Waals surface area contributed by atoms with Gasteiger partial charge in [0, 0.05) is 12.0 Å². The van der Waals surface area contributed by atoms with Crippen molar-refractivity contribution in [2.75, 3.05) is 0 Å². The van der Waals surface area contributed by atoms with E-state index in [9.17, 15) is 4.79 Å². The zero-order chi connectivity index (χ0) is 16.1. The third-order valence-electron chi connectivity index (χ3n) is 3.96. The number of carbonyl (C=O) groups is 1. The SMILES string of the molecule is CC(NC(=O)c1ccoc1)C(c1ccccc1)c1ccccc1. The Morgan fingerprint density at radius 2 is 1.48 bits per heavy atom. The standard InChI is InChI=1S/C20H19NO2/c1-15(21-20(22)18-12-13-23-14-18)19(16-8-4-2-5-9-16)17-10-6-3-7-11-17/h2-15,19H,1H3,(H,21,22). The third-order valence-corrected chi connectivity index (χ3v) is 3.96. The number of rotatable bonds is 5. The van der Waals surface area contributed by atoms with Gasteiger partial charge in [-0.1, -0.05) is 60.7 Å². The Balaban J connectivity index is 1.88. The number of hydrogen-bond donors (Lipinski definition) is 1. The Bertz CT molecular complexity index is 696. The molecule has 1 N–H and O–H groups in total. The Morgan fingerprint density at radius 1 is 0.913 bits per heavy atom. The zero-order valence-corrected chi connectivity index (χ0v) is 13.0. The molecule has 0 fully saturated rings. The van der Waals surface area contributed by atoms with E-state index in [2.05, 4.69) is 29.6 Å². The van der Waals surface area contributed by atoms with Crippen molar-refractivity contribution in [3.8, 4) is 0 Å². The van der Waals surface area contributed by atoms with Crippen molar-refractivity contribution in [1.29, 1.82) is 0 Å². The molecule has 3 rings (SSSR count). The number of nitrogens with one attached hydrogen (secondary N) is 1. The van der Waals surface area contributed by atoms with Crippen LogP contribution in [0.2, 0.25) is 0 Å². The highest BCUT2D eigenvalue weighted by Crippen LogP contribution is 2.28. The van der Waals surface area contributed by atoms with Crippen molar-refractivity contribution in [1.82, 2.24) is 5.32 Å². The number of benzene rings is 2. The fourth-order valence-corrected chi connectivity index (χ4v) is 2.86. The lowest BCUT2D eigenvalue weighted by Crippen LogP contribution is -2.37. The molecule has 3 aromatic rings. The van der Waals surface area contributed by atoms with Crippen molar-refractivity contribution < 1.29 is 9.21 Å². The monoisotopic (exact) mass is 305 g/mol. The minimum Gasteiger partial charge on any atom is -0.472 e. The second-order valence-electron chi connectivity index (χ2n) is 5.57. The van der Waals surface area contributed by atoms with E-state index in [0.717, 1.165) is 0 Å². The normalized spacial score (nSPS) is 12.1. The molecule has 0 radical (unpaired) electrons. The van der Waals surface area contributed by atoms with Crippen LogP contribution in [0.5, 0.6) is 0 Å². The molecule has 1 aromatic heterocycles. The maximum atomic E-state index is 12.3. The third kappa shape index (κ3) is 3.51. The van der Waals surface area contributed by atoms with E-state index < -0.39 is 0 Å². The van der Waals surface area contributed by atoms with Crippen LogP contribution in [0, 0.1) is 0 Å². The van der Waals surface area contributed by atoms with E-state index >= 15 is 0 Å². The van der Waals surface area contributed by atoms with E-state index in [-0.39, 0.29) is 17.9 Å². The second-order valence-corrected chi connectivity index (χ2v) is 5.57. The van der Waals surface area contributed by atoms with Crippen LogP contribution in [0.4, 0.5) is 0 Å². The van der Waals surface area contributed by atoms with Crippen molar-refractivity contribution in [3.05, 3.63) is 95.9 Å². The summed E-state index contributed by atoms with van der Waals surface area (Å²) in [6, 6.07) is 22.1. The number of furan rings is 1. The van der Waals surface area contributed by atoms with Gasteiger partial charge in [-0.05, 0) is 24.1 Å². The van der Waals surface area contributed by atoms with E-state index in [1.807, 2.05) is 43.3 Å². The van der Waals surface area contributed by atoms with Crippen molar-refractivity contribution >= 4 is 5.91 Å². The van der Waals surface area contributed by atoms with Gasteiger partial charge in [0.1, 0.15) is 6.26 Å². The average Bonchev–Trinajstić information content (AvgIpc) is 3.12. The van der Waals surface area contributed by atoms with E-state index in [0.29, 0.717) is 5.56 Å². The number of hydrogen-bond acceptors (Lipinski definition) is 2. The van der Waals surface area contributed by atoms with Crippen LogP contribution in [-0.2, 0) is 0 Å². The average molecular weight is 305 g/mol. The maximum Gasteiger partial charge on any atom is 0.254 e. The van der Waals surface area contributed by atoms with Crippen LogP contribution in [-0.4, -0.2) is 11.9 Å². The zero-order valence-electron chi connectivity index (χ0n) is 13.0.